The summed E-state index contributed by atoms with van der Waals surface area (Å²) in [5.74, 6) is 2.66. The van der Waals surface area contributed by atoms with Crippen molar-refractivity contribution in [2.75, 3.05) is 24.3 Å². The maximum Gasteiger partial charge on any atom is 0.234 e. The molecule has 1 aliphatic heterocycles. The van der Waals surface area contributed by atoms with Gasteiger partial charge in [0, 0.05) is 23.9 Å². The van der Waals surface area contributed by atoms with E-state index in [1.165, 1.54) is 5.56 Å². The first-order valence-corrected chi connectivity index (χ1v) is 8.78. The van der Waals surface area contributed by atoms with Gasteiger partial charge >= 0.3 is 0 Å². The summed E-state index contributed by atoms with van der Waals surface area (Å²) in [5, 5.41) is 2.90. The Morgan fingerprint density at radius 2 is 1.83 bits per heavy atom. The third-order valence-electron chi connectivity index (χ3n) is 3.38. The first-order valence-electron chi connectivity index (χ1n) is 7.62. The van der Waals surface area contributed by atoms with Crippen LogP contribution >= 0.6 is 11.8 Å². The first-order chi connectivity index (χ1) is 11.3. The van der Waals surface area contributed by atoms with Crippen LogP contribution in [0.5, 0.6) is 11.5 Å². The van der Waals surface area contributed by atoms with Crippen LogP contribution < -0.4 is 14.8 Å². The second kappa shape index (κ2) is 7.92. The van der Waals surface area contributed by atoms with Gasteiger partial charge in [-0.1, -0.05) is 30.3 Å². The Morgan fingerprint density at radius 1 is 1.04 bits per heavy atom. The van der Waals surface area contributed by atoms with Crippen LogP contribution in [0.15, 0.2) is 48.5 Å². The van der Waals surface area contributed by atoms with Crippen molar-refractivity contribution in [3.05, 3.63) is 54.1 Å². The van der Waals surface area contributed by atoms with E-state index in [2.05, 4.69) is 17.4 Å². The van der Waals surface area contributed by atoms with Crippen LogP contribution in [0.1, 0.15) is 12.0 Å². The zero-order chi connectivity index (χ0) is 15.9. The highest BCUT2D eigenvalue weighted by Crippen LogP contribution is 2.32. The lowest BCUT2D eigenvalue weighted by atomic mass is 10.2. The minimum absolute atomic E-state index is 0.0135. The smallest absolute Gasteiger partial charge is 0.234 e. The minimum atomic E-state index is -0.0135. The predicted octanol–water partition coefficient (Wildman–Crippen LogP) is 3.72. The first kappa shape index (κ1) is 15.7. The number of nitrogens with one attached hydrogen (secondary N) is 1. The Hall–Kier alpha value is -2.14. The van der Waals surface area contributed by atoms with Gasteiger partial charge in [-0.15, -0.1) is 11.8 Å². The number of anilines is 1. The summed E-state index contributed by atoms with van der Waals surface area (Å²) < 4.78 is 11.2. The molecule has 5 heteroatoms. The van der Waals surface area contributed by atoms with Crippen molar-refractivity contribution < 1.29 is 14.3 Å². The summed E-state index contributed by atoms with van der Waals surface area (Å²) in [4.78, 5) is 12.0. The maximum atomic E-state index is 12.0. The number of carbonyl (C=O) groups is 1. The van der Waals surface area contributed by atoms with Crippen molar-refractivity contribution >= 4 is 23.4 Å². The summed E-state index contributed by atoms with van der Waals surface area (Å²) in [5.41, 5.74) is 1.96. The number of hydrogen-bond acceptors (Lipinski definition) is 4. The number of fused-ring (bicyclic) bond motifs is 1. The topological polar surface area (TPSA) is 47.6 Å². The monoisotopic (exact) mass is 329 g/mol. The van der Waals surface area contributed by atoms with Gasteiger partial charge in [-0.25, -0.2) is 0 Å². The van der Waals surface area contributed by atoms with Gasteiger partial charge < -0.3 is 14.8 Å². The van der Waals surface area contributed by atoms with Gasteiger partial charge in [-0.2, -0.15) is 0 Å². The van der Waals surface area contributed by atoms with E-state index in [-0.39, 0.29) is 5.91 Å². The number of thioether (sulfide) groups is 1. The molecule has 1 aliphatic rings. The van der Waals surface area contributed by atoms with Crippen LogP contribution in [0.2, 0.25) is 0 Å². The molecule has 1 heterocycles. The second-order valence-corrected chi connectivity index (χ2v) is 6.22. The third-order valence-corrected chi connectivity index (χ3v) is 4.38. The molecule has 0 atom stereocenters. The van der Waals surface area contributed by atoms with E-state index in [0.717, 1.165) is 23.6 Å². The van der Waals surface area contributed by atoms with Gasteiger partial charge in [-0.05, 0) is 17.7 Å². The van der Waals surface area contributed by atoms with Gasteiger partial charge in [0.25, 0.3) is 0 Å². The van der Waals surface area contributed by atoms with Crippen LogP contribution in [0.3, 0.4) is 0 Å². The number of carbonyl (C=O) groups excluding carboxylic acids is 1. The van der Waals surface area contributed by atoms with Crippen LogP contribution in [-0.2, 0) is 10.5 Å². The molecule has 0 aliphatic carbocycles. The Morgan fingerprint density at radius 3 is 2.65 bits per heavy atom. The molecule has 0 aromatic heterocycles. The number of benzene rings is 2. The summed E-state index contributed by atoms with van der Waals surface area (Å²) in [6.07, 6.45) is 0.868. The number of rotatable bonds is 5. The second-order valence-electron chi connectivity index (χ2n) is 5.24. The van der Waals surface area contributed by atoms with Crippen molar-refractivity contribution in [2.45, 2.75) is 12.2 Å². The van der Waals surface area contributed by atoms with Crippen molar-refractivity contribution in [1.82, 2.24) is 0 Å². The maximum absolute atomic E-state index is 12.0. The van der Waals surface area contributed by atoms with E-state index < -0.39 is 0 Å². The zero-order valence-corrected chi connectivity index (χ0v) is 13.6. The van der Waals surface area contributed by atoms with Gasteiger partial charge in [0.15, 0.2) is 11.5 Å². The summed E-state index contributed by atoms with van der Waals surface area (Å²) in [7, 11) is 0. The van der Waals surface area contributed by atoms with Crippen LogP contribution in [-0.4, -0.2) is 24.9 Å². The Bertz CT molecular complexity index is 661. The Balaban J connectivity index is 1.50. The normalized spacial score (nSPS) is 13.2. The van der Waals surface area contributed by atoms with Crippen LogP contribution in [0.4, 0.5) is 5.69 Å². The highest BCUT2D eigenvalue weighted by Gasteiger charge is 2.11. The molecule has 0 saturated carbocycles. The van der Waals surface area contributed by atoms with E-state index in [1.807, 2.05) is 36.4 Å². The van der Waals surface area contributed by atoms with Gasteiger partial charge in [0.1, 0.15) is 0 Å². The molecule has 4 nitrogen and oxygen atoms in total. The molecule has 1 N–H and O–H groups in total. The molecule has 23 heavy (non-hydrogen) atoms. The SMILES string of the molecule is O=C(CSCc1ccccc1)Nc1ccc2c(c1)OCCCO2. The highest BCUT2D eigenvalue weighted by atomic mass is 32.2. The summed E-state index contributed by atoms with van der Waals surface area (Å²) in [6.45, 7) is 1.30. The number of amides is 1. The number of hydrogen-bond donors (Lipinski definition) is 1. The van der Waals surface area contributed by atoms with E-state index in [9.17, 15) is 4.79 Å². The molecular weight excluding hydrogens is 310 g/mol. The van der Waals surface area contributed by atoms with Crippen LogP contribution in [0.25, 0.3) is 0 Å². The minimum Gasteiger partial charge on any atom is -0.490 e. The fourth-order valence-electron chi connectivity index (χ4n) is 2.27. The standard InChI is InChI=1S/C18H19NO3S/c20-18(13-23-12-14-5-2-1-3-6-14)19-15-7-8-16-17(11-15)22-10-4-9-21-16/h1-3,5-8,11H,4,9-10,12-13H2,(H,19,20). The Labute approximate surface area is 140 Å². The fraction of sp³-hybridized carbons (Fsp3) is 0.278. The molecule has 0 unspecified atom stereocenters. The predicted molar refractivity (Wildman–Crippen MR) is 93.3 cm³/mol. The van der Waals surface area contributed by atoms with Crippen LogP contribution in [0, 0.1) is 0 Å². The Kier molecular flexibility index (Phi) is 5.42. The average Bonchev–Trinajstić information content (AvgIpc) is 2.81. The lowest BCUT2D eigenvalue weighted by Crippen LogP contribution is -2.14. The average molecular weight is 329 g/mol. The van der Waals surface area contributed by atoms with Gasteiger partial charge in [0.2, 0.25) is 5.91 Å². The third kappa shape index (κ3) is 4.66. The molecule has 120 valence electrons. The van der Waals surface area contributed by atoms with Crippen molar-refractivity contribution in [3.8, 4) is 11.5 Å². The van der Waals surface area contributed by atoms with Crippen molar-refractivity contribution in [1.29, 1.82) is 0 Å². The molecule has 0 saturated heterocycles. The highest BCUT2D eigenvalue weighted by molar-refractivity contribution is 7.99. The number of ether oxygens (including phenoxy) is 2. The molecular formula is C18H19NO3S. The van der Waals surface area contributed by atoms with E-state index in [0.29, 0.717) is 24.7 Å². The molecule has 1 amide bonds. The molecule has 0 bridgehead atoms. The summed E-state index contributed by atoms with van der Waals surface area (Å²) >= 11 is 1.60. The van der Waals surface area contributed by atoms with E-state index in [1.54, 1.807) is 11.8 Å². The summed E-state index contributed by atoms with van der Waals surface area (Å²) in [6, 6.07) is 15.6. The quantitative estimate of drug-likeness (QED) is 0.908. The molecule has 0 spiro atoms. The lowest BCUT2D eigenvalue weighted by molar-refractivity contribution is -0.113. The van der Waals surface area contributed by atoms with E-state index in [4.69, 9.17) is 9.47 Å². The largest absolute Gasteiger partial charge is 0.490 e. The van der Waals surface area contributed by atoms with Gasteiger partial charge in [-0.3, -0.25) is 4.79 Å². The molecule has 0 fully saturated rings. The lowest BCUT2D eigenvalue weighted by Gasteiger charge is -2.10. The zero-order valence-electron chi connectivity index (χ0n) is 12.8. The molecule has 3 rings (SSSR count). The van der Waals surface area contributed by atoms with Crippen molar-refractivity contribution in [3.63, 3.8) is 0 Å². The molecule has 2 aromatic rings. The molecule has 0 radical (unpaired) electrons. The van der Waals surface area contributed by atoms with Gasteiger partial charge in [0.05, 0.1) is 19.0 Å². The fourth-order valence-corrected chi connectivity index (χ4v) is 3.06. The van der Waals surface area contributed by atoms with Crippen molar-refractivity contribution in [2.24, 2.45) is 0 Å². The van der Waals surface area contributed by atoms with E-state index >= 15 is 0 Å². The molecule has 2 aromatic carbocycles.